The first kappa shape index (κ1) is 4.92. The Kier molecular flexibility index (Phi) is 3.86. The molecule has 32 valence electrons. The van der Waals surface area contributed by atoms with Crippen molar-refractivity contribution >= 4 is 0 Å². The van der Waals surface area contributed by atoms with Crippen molar-refractivity contribution in [1.29, 1.82) is 0 Å². The zero-order chi connectivity index (χ0) is 4.12. The van der Waals surface area contributed by atoms with E-state index >= 15 is 0 Å². The summed E-state index contributed by atoms with van der Waals surface area (Å²) >= 11 is 0. The van der Waals surface area contributed by atoms with Crippen molar-refractivity contribution in [3.63, 3.8) is 0 Å². The molecule has 0 spiro atoms. The maximum Gasteiger partial charge on any atom is 0.0443 e. The molecule has 0 unspecified atom stereocenters. The van der Waals surface area contributed by atoms with Crippen LogP contribution in [0.5, 0.6) is 0 Å². The molecule has 0 aromatic heterocycles. The van der Waals surface area contributed by atoms with Crippen LogP contribution in [0.3, 0.4) is 0 Å². The van der Waals surface area contributed by atoms with E-state index in [0.717, 1.165) is 6.42 Å². The molecule has 0 amide bonds. The van der Waals surface area contributed by atoms with Crippen LogP contribution in [0.4, 0.5) is 0 Å². The van der Waals surface area contributed by atoms with Crippen LogP contribution in [0.25, 0.3) is 0 Å². The van der Waals surface area contributed by atoms with Gasteiger partial charge in [-0.15, -0.1) is 0 Å². The van der Waals surface area contributed by atoms with Gasteiger partial charge in [-0.05, 0) is 13.0 Å². The van der Waals surface area contributed by atoms with E-state index in [0.29, 0.717) is 6.54 Å². The van der Waals surface area contributed by atoms with Gasteiger partial charge in [0, 0.05) is 6.61 Å². The minimum absolute atomic E-state index is 0.219. The number of aliphatic hydroxyl groups excluding tert-OH is 1. The van der Waals surface area contributed by atoms with Crippen LogP contribution >= 0.6 is 0 Å². The van der Waals surface area contributed by atoms with Gasteiger partial charge in [0.05, 0.1) is 0 Å². The van der Waals surface area contributed by atoms with Gasteiger partial charge in [-0.2, -0.15) is 0 Å². The predicted molar refractivity (Wildman–Crippen MR) is 20.8 cm³/mol. The molecule has 0 heterocycles. The fourth-order valence-corrected chi connectivity index (χ4v) is 0.0913. The molecule has 0 aliphatic rings. The van der Waals surface area contributed by atoms with Gasteiger partial charge in [0.2, 0.25) is 0 Å². The first-order chi connectivity index (χ1) is 2.41. The van der Waals surface area contributed by atoms with E-state index < -0.39 is 0 Å². The maximum absolute atomic E-state index is 7.99. The van der Waals surface area contributed by atoms with Crippen LogP contribution in [0, 0.1) is 0 Å². The number of aliphatic hydroxyl groups is 1. The third-order valence-corrected chi connectivity index (χ3v) is 0.362. The quantitative estimate of drug-likeness (QED) is 0.428. The first-order valence-electron chi connectivity index (χ1n) is 1.72. The molecular formula is C3H9NO. The lowest BCUT2D eigenvalue weighted by Crippen LogP contribution is -1.99. The van der Waals surface area contributed by atoms with Gasteiger partial charge in [-0.1, -0.05) is 0 Å². The molecule has 0 fully saturated rings. The van der Waals surface area contributed by atoms with Crippen molar-refractivity contribution in [1.82, 2.24) is 0 Å². The summed E-state index contributed by atoms with van der Waals surface area (Å²) in [6.07, 6.45) is 0.722. The SMILES string of the molecule is N[13CH2]CCO. The van der Waals surface area contributed by atoms with E-state index in [-0.39, 0.29) is 6.61 Å². The van der Waals surface area contributed by atoms with Crippen molar-refractivity contribution in [2.75, 3.05) is 13.2 Å². The largest absolute Gasteiger partial charge is 0.396 e. The lowest BCUT2D eigenvalue weighted by atomic mass is 10.7. The van der Waals surface area contributed by atoms with Gasteiger partial charge in [0.1, 0.15) is 0 Å². The molecule has 0 saturated carbocycles. The summed E-state index contributed by atoms with van der Waals surface area (Å²) in [5, 5.41) is 7.99. The molecule has 0 rings (SSSR count). The summed E-state index contributed by atoms with van der Waals surface area (Å²) in [7, 11) is 0. The molecule has 0 bridgehead atoms. The second-order valence-corrected chi connectivity index (χ2v) is 0.866. The van der Waals surface area contributed by atoms with E-state index in [2.05, 4.69) is 0 Å². The minimum Gasteiger partial charge on any atom is -0.396 e. The normalized spacial score (nSPS) is 8.40. The maximum atomic E-state index is 7.99. The second-order valence-electron chi connectivity index (χ2n) is 0.866. The Morgan fingerprint density at radius 1 is 1.60 bits per heavy atom. The molecule has 0 aromatic rings. The van der Waals surface area contributed by atoms with Crippen LogP contribution in [0.1, 0.15) is 6.42 Å². The fourth-order valence-electron chi connectivity index (χ4n) is 0.0913. The van der Waals surface area contributed by atoms with E-state index in [4.69, 9.17) is 10.8 Å². The monoisotopic (exact) mass is 76.1 g/mol. The predicted octanol–water partition coefficient (Wildman–Crippen LogP) is -0.672. The average molecular weight is 76.1 g/mol. The zero-order valence-corrected chi connectivity index (χ0v) is 3.15. The Hall–Kier alpha value is -0.0800. The number of hydrogen-bond donors (Lipinski definition) is 2. The second kappa shape index (κ2) is 3.92. The fraction of sp³-hybridized carbons (Fsp3) is 1.00. The summed E-state index contributed by atoms with van der Waals surface area (Å²) in [6, 6.07) is 0. The number of nitrogens with two attached hydrogens (primary N) is 1. The minimum atomic E-state index is 0.219. The average Bonchev–Trinajstić information content (AvgIpc) is 1.41. The third kappa shape index (κ3) is 3.92. The van der Waals surface area contributed by atoms with Gasteiger partial charge in [0.15, 0.2) is 0 Å². The highest BCUT2D eigenvalue weighted by atomic mass is 16.3. The van der Waals surface area contributed by atoms with Gasteiger partial charge in [0.25, 0.3) is 0 Å². The molecule has 0 aliphatic heterocycles. The van der Waals surface area contributed by atoms with Crippen molar-refractivity contribution in [2.45, 2.75) is 6.42 Å². The summed E-state index contributed by atoms with van der Waals surface area (Å²) in [5.74, 6) is 0. The van der Waals surface area contributed by atoms with Crippen LogP contribution in [0.15, 0.2) is 0 Å². The Bertz CT molecular complexity index is 14.4. The van der Waals surface area contributed by atoms with Crippen LogP contribution in [-0.2, 0) is 0 Å². The summed E-state index contributed by atoms with van der Waals surface area (Å²) in [6.45, 7) is 0.812. The standard InChI is InChI=1S/C3H9NO/c4-2-1-3-5/h5H,1-4H2/i2+1. The molecule has 2 nitrogen and oxygen atoms in total. The van der Waals surface area contributed by atoms with E-state index in [1.54, 1.807) is 0 Å². The highest BCUT2D eigenvalue weighted by Crippen LogP contribution is 1.62. The van der Waals surface area contributed by atoms with E-state index in [1.807, 2.05) is 0 Å². The number of hydrogen-bond acceptors (Lipinski definition) is 2. The van der Waals surface area contributed by atoms with Gasteiger partial charge < -0.3 is 10.8 Å². The lowest BCUT2D eigenvalue weighted by Gasteiger charge is -1.80. The molecule has 0 aliphatic carbocycles. The van der Waals surface area contributed by atoms with E-state index in [9.17, 15) is 0 Å². The molecule has 0 aromatic carbocycles. The summed E-state index contributed by atoms with van der Waals surface area (Å²) in [4.78, 5) is 0. The lowest BCUT2D eigenvalue weighted by molar-refractivity contribution is 0.291. The molecular weight excluding hydrogens is 67.0 g/mol. The molecule has 0 radical (unpaired) electrons. The van der Waals surface area contributed by atoms with Crippen molar-refractivity contribution in [3.8, 4) is 0 Å². The van der Waals surface area contributed by atoms with Gasteiger partial charge in [-0.3, -0.25) is 0 Å². The van der Waals surface area contributed by atoms with Crippen LogP contribution in [0.2, 0.25) is 0 Å². The third-order valence-electron chi connectivity index (χ3n) is 0.362. The smallest absolute Gasteiger partial charge is 0.0443 e. The highest BCUT2D eigenvalue weighted by molar-refractivity contribution is 4.28. The van der Waals surface area contributed by atoms with E-state index in [1.165, 1.54) is 0 Å². The Balaban J connectivity index is 2.19. The molecule has 3 N–H and O–H groups in total. The van der Waals surface area contributed by atoms with Crippen molar-refractivity contribution < 1.29 is 5.11 Å². The zero-order valence-electron chi connectivity index (χ0n) is 3.15. The van der Waals surface area contributed by atoms with Crippen molar-refractivity contribution in [3.05, 3.63) is 0 Å². The molecule has 5 heavy (non-hydrogen) atoms. The first-order valence-corrected chi connectivity index (χ1v) is 1.72. The van der Waals surface area contributed by atoms with Gasteiger partial charge in [-0.25, -0.2) is 0 Å². The summed E-state index contributed by atoms with van der Waals surface area (Å²) < 4.78 is 0. The molecule has 2 heteroatoms. The Labute approximate surface area is 31.6 Å². The van der Waals surface area contributed by atoms with Crippen LogP contribution in [-0.4, -0.2) is 18.3 Å². The van der Waals surface area contributed by atoms with Crippen LogP contribution < -0.4 is 5.73 Å². The molecule has 0 saturated heterocycles. The molecule has 0 atom stereocenters. The highest BCUT2D eigenvalue weighted by Gasteiger charge is 1.69. The number of rotatable bonds is 2. The summed E-state index contributed by atoms with van der Waals surface area (Å²) in [5.41, 5.74) is 4.98. The van der Waals surface area contributed by atoms with Gasteiger partial charge >= 0.3 is 0 Å². The topological polar surface area (TPSA) is 46.2 Å². The Morgan fingerprint density at radius 2 is 2.20 bits per heavy atom. The Morgan fingerprint density at radius 3 is 2.20 bits per heavy atom. The van der Waals surface area contributed by atoms with Crippen molar-refractivity contribution in [2.24, 2.45) is 5.73 Å².